The molecule has 3 heterocycles. The van der Waals surface area contributed by atoms with E-state index in [0.29, 0.717) is 10.9 Å². The average molecular weight is 535 g/mol. The van der Waals surface area contributed by atoms with Crippen molar-refractivity contribution in [1.82, 2.24) is 14.9 Å². The second-order valence-corrected chi connectivity index (χ2v) is 9.12. The minimum Gasteiger partial charge on any atom is -0.497 e. The number of aromatic nitrogens is 2. The van der Waals surface area contributed by atoms with Crippen LogP contribution < -0.4 is 19.7 Å². The first-order valence-corrected chi connectivity index (χ1v) is 12.0. The van der Waals surface area contributed by atoms with Gasteiger partial charge in [0.15, 0.2) is 5.11 Å². The summed E-state index contributed by atoms with van der Waals surface area (Å²) in [5, 5.41) is 4.10. The van der Waals surface area contributed by atoms with Crippen molar-refractivity contribution in [2.75, 3.05) is 19.1 Å². The molecule has 2 aromatic heterocycles. The average Bonchev–Trinajstić information content (AvgIpc) is 3.49. The van der Waals surface area contributed by atoms with Gasteiger partial charge in [0.2, 0.25) is 0 Å². The Kier molecular flexibility index (Phi) is 6.26. The van der Waals surface area contributed by atoms with Crippen LogP contribution in [0.15, 0.2) is 89.7 Å². The lowest BCUT2D eigenvalue weighted by molar-refractivity contribution is 0.402. The Labute approximate surface area is 212 Å². The van der Waals surface area contributed by atoms with Crippen LogP contribution in [0.5, 0.6) is 11.5 Å². The van der Waals surface area contributed by atoms with Gasteiger partial charge in [0.25, 0.3) is 0 Å². The fourth-order valence-corrected chi connectivity index (χ4v) is 4.98. The summed E-state index contributed by atoms with van der Waals surface area (Å²) < 4.78 is 14.5. The molecule has 1 fully saturated rings. The molecule has 1 aliphatic heterocycles. The van der Waals surface area contributed by atoms with Crippen molar-refractivity contribution in [3.8, 4) is 17.2 Å². The van der Waals surface area contributed by atoms with Crippen molar-refractivity contribution < 1.29 is 9.47 Å². The van der Waals surface area contributed by atoms with Gasteiger partial charge in [-0.3, -0.25) is 4.98 Å². The van der Waals surface area contributed by atoms with Crippen molar-refractivity contribution in [2.45, 2.75) is 12.1 Å². The summed E-state index contributed by atoms with van der Waals surface area (Å²) >= 11 is 9.42. The number of nitrogens with zero attached hydrogens (tertiary/aromatic N) is 3. The molecule has 1 aliphatic rings. The first-order valence-electron chi connectivity index (χ1n) is 10.8. The number of hydrogen-bond acceptors (Lipinski definition) is 4. The molecule has 2 aromatic carbocycles. The molecule has 0 saturated carbocycles. The second kappa shape index (κ2) is 9.48. The van der Waals surface area contributed by atoms with Gasteiger partial charge >= 0.3 is 0 Å². The van der Waals surface area contributed by atoms with E-state index in [0.717, 1.165) is 33.0 Å². The normalized spacial score (nSPS) is 17.5. The summed E-state index contributed by atoms with van der Waals surface area (Å²) in [6.07, 6.45) is 3.87. The van der Waals surface area contributed by atoms with Crippen molar-refractivity contribution in [3.63, 3.8) is 0 Å². The monoisotopic (exact) mass is 534 g/mol. The summed E-state index contributed by atoms with van der Waals surface area (Å²) in [4.78, 5) is 6.75. The Hall–Kier alpha value is -3.36. The van der Waals surface area contributed by atoms with Crippen molar-refractivity contribution >= 4 is 38.9 Å². The quantitative estimate of drug-likeness (QED) is 0.314. The van der Waals surface area contributed by atoms with Gasteiger partial charge in [0.05, 0.1) is 31.6 Å². The largest absolute Gasteiger partial charge is 0.497 e. The molecule has 0 aliphatic carbocycles. The first-order chi connectivity index (χ1) is 16.6. The second-order valence-electron chi connectivity index (χ2n) is 7.81. The molecular formula is C26H23BrN4O2S. The molecule has 5 rings (SSSR count). The zero-order chi connectivity index (χ0) is 23.7. The first kappa shape index (κ1) is 22.4. The summed E-state index contributed by atoms with van der Waals surface area (Å²) in [7, 11) is 3.31. The Morgan fingerprint density at radius 3 is 2.50 bits per heavy atom. The van der Waals surface area contributed by atoms with E-state index < -0.39 is 0 Å². The number of anilines is 1. The topological polar surface area (TPSA) is 51.6 Å². The highest BCUT2D eigenvalue weighted by Gasteiger charge is 2.43. The fraction of sp³-hybridized carbons (Fsp3) is 0.154. The highest BCUT2D eigenvalue weighted by atomic mass is 79.9. The number of rotatable bonds is 6. The number of ether oxygens (including phenoxy) is 2. The minimum absolute atomic E-state index is 0.172. The van der Waals surface area contributed by atoms with Gasteiger partial charge in [-0.2, -0.15) is 0 Å². The molecule has 0 radical (unpaired) electrons. The van der Waals surface area contributed by atoms with Gasteiger partial charge in [0, 0.05) is 34.3 Å². The molecule has 6 nitrogen and oxygen atoms in total. The van der Waals surface area contributed by atoms with Gasteiger partial charge in [-0.15, -0.1) is 0 Å². The van der Waals surface area contributed by atoms with Crippen molar-refractivity contribution in [3.05, 3.63) is 101 Å². The van der Waals surface area contributed by atoms with Crippen LogP contribution in [0, 0.1) is 0 Å². The third-order valence-corrected chi connectivity index (χ3v) is 6.77. The summed E-state index contributed by atoms with van der Waals surface area (Å²) in [6.45, 7) is 0. The minimum atomic E-state index is -0.193. The van der Waals surface area contributed by atoms with Crippen LogP contribution in [0.4, 0.5) is 5.69 Å². The maximum absolute atomic E-state index is 5.89. The molecule has 0 bridgehead atoms. The Bertz CT molecular complexity index is 1310. The van der Waals surface area contributed by atoms with E-state index in [1.807, 2.05) is 48.5 Å². The highest BCUT2D eigenvalue weighted by Crippen LogP contribution is 2.46. The molecular weight excluding hydrogens is 512 g/mol. The van der Waals surface area contributed by atoms with E-state index >= 15 is 0 Å². The van der Waals surface area contributed by atoms with Crippen LogP contribution in [0.25, 0.3) is 5.69 Å². The number of benzene rings is 2. The van der Waals surface area contributed by atoms with E-state index in [9.17, 15) is 0 Å². The molecule has 2 atom stereocenters. The number of pyridine rings is 1. The number of halogens is 1. The van der Waals surface area contributed by atoms with Crippen molar-refractivity contribution in [1.29, 1.82) is 0 Å². The van der Waals surface area contributed by atoms with E-state index in [4.69, 9.17) is 21.7 Å². The smallest absolute Gasteiger partial charge is 0.174 e. The van der Waals surface area contributed by atoms with Gasteiger partial charge in [0.1, 0.15) is 17.5 Å². The molecule has 1 saturated heterocycles. The summed E-state index contributed by atoms with van der Waals surface area (Å²) in [5.41, 5.74) is 3.85. The van der Waals surface area contributed by atoms with Crippen LogP contribution >= 0.6 is 28.1 Å². The van der Waals surface area contributed by atoms with Crippen LogP contribution in [0.3, 0.4) is 0 Å². The standard InChI is InChI=1S/C26H23BrN4O2S/c1-32-19-12-13-23(33-2)22(16-19)31-25(24(29-26(31)34)20-6-3-4-14-28-20)21-7-5-15-30(21)18-10-8-17(27)9-11-18/h3-16,24-25H,1-2H3,(H,29,34)/t24-,25+/m1/s1. The summed E-state index contributed by atoms with van der Waals surface area (Å²) in [6, 6.07) is 23.7. The van der Waals surface area contributed by atoms with E-state index in [1.165, 1.54) is 0 Å². The third-order valence-electron chi connectivity index (χ3n) is 5.93. The molecule has 4 aromatic rings. The van der Waals surface area contributed by atoms with Crippen LogP contribution in [0.2, 0.25) is 0 Å². The number of methoxy groups -OCH3 is 2. The number of thiocarbonyl (C=S) groups is 1. The lowest BCUT2D eigenvalue weighted by atomic mass is 10.0. The Balaban J connectivity index is 1.70. The predicted molar refractivity (Wildman–Crippen MR) is 141 cm³/mol. The zero-order valence-electron chi connectivity index (χ0n) is 18.7. The van der Waals surface area contributed by atoms with Crippen LogP contribution in [-0.2, 0) is 0 Å². The molecule has 0 unspecified atom stereocenters. The SMILES string of the molecule is COc1ccc(OC)c(N2C(=S)N[C@H](c3ccccn3)[C@@H]2c2cccn2-c2ccc(Br)cc2)c1. The molecule has 34 heavy (non-hydrogen) atoms. The van der Waals surface area contributed by atoms with E-state index in [2.05, 4.69) is 66.2 Å². The number of hydrogen-bond donors (Lipinski definition) is 1. The molecule has 172 valence electrons. The predicted octanol–water partition coefficient (Wildman–Crippen LogP) is 5.83. The van der Waals surface area contributed by atoms with Gasteiger partial charge < -0.3 is 24.3 Å². The van der Waals surface area contributed by atoms with Gasteiger partial charge in [-0.25, -0.2) is 0 Å². The summed E-state index contributed by atoms with van der Waals surface area (Å²) in [5.74, 6) is 1.43. The highest BCUT2D eigenvalue weighted by molar-refractivity contribution is 9.10. The van der Waals surface area contributed by atoms with E-state index in [-0.39, 0.29) is 12.1 Å². The van der Waals surface area contributed by atoms with Crippen LogP contribution in [0.1, 0.15) is 23.5 Å². The Morgan fingerprint density at radius 2 is 1.79 bits per heavy atom. The van der Waals surface area contributed by atoms with E-state index in [1.54, 1.807) is 20.4 Å². The lowest BCUT2D eigenvalue weighted by Gasteiger charge is -2.30. The van der Waals surface area contributed by atoms with Gasteiger partial charge in [-0.05, 0) is 72.9 Å². The molecule has 8 heteroatoms. The van der Waals surface area contributed by atoms with Gasteiger partial charge in [-0.1, -0.05) is 22.0 Å². The number of nitrogens with one attached hydrogen (secondary N) is 1. The maximum Gasteiger partial charge on any atom is 0.174 e. The lowest BCUT2D eigenvalue weighted by Crippen LogP contribution is -2.30. The zero-order valence-corrected chi connectivity index (χ0v) is 21.1. The maximum atomic E-state index is 5.89. The van der Waals surface area contributed by atoms with Crippen molar-refractivity contribution in [2.24, 2.45) is 0 Å². The fourth-order valence-electron chi connectivity index (χ4n) is 4.37. The van der Waals surface area contributed by atoms with Crippen LogP contribution in [-0.4, -0.2) is 28.9 Å². The molecule has 0 amide bonds. The third kappa shape index (κ3) is 4.03. The Morgan fingerprint density at radius 1 is 0.971 bits per heavy atom. The molecule has 1 N–H and O–H groups in total. The molecule has 0 spiro atoms.